The maximum atomic E-state index is 12.8. The fourth-order valence-corrected chi connectivity index (χ4v) is 2.31. The Morgan fingerprint density at radius 2 is 2.12 bits per heavy atom. The second-order valence-electron chi connectivity index (χ2n) is 4.34. The fourth-order valence-electron chi connectivity index (χ4n) is 1.95. The molecule has 1 aromatic rings. The second kappa shape index (κ2) is 4.52. The van der Waals surface area contributed by atoms with E-state index in [0.29, 0.717) is 10.4 Å². The molecule has 1 fully saturated rings. The molecule has 0 saturated heterocycles. The van der Waals surface area contributed by atoms with E-state index >= 15 is 0 Å². The van der Waals surface area contributed by atoms with Gasteiger partial charge in [0.25, 0.3) is 0 Å². The van der Waals surface area contributed by atoms with Gasteiger partial charge in [-0.15, -0.1) is 0 Å². The first kappa shape index (κ1) is 12.7. The van der Waals surface area contributed by atoms with Gasteiger partial charge in [-0.2, -0.15) is 13.2 Å². The van der Waals surface area contributed by atoms with Crippen LogP contribution in [0, 0.1) is 5.92 Å². The zero-order chi connectivity index (χ0) is 12.6. The van der Waals surface area contributed by atoms with Gasteiger partial charge in [0.05, 0.1) is 5.56 Å². The lowest BCUT2D eigenvalue weighted by Gasteiger charge is -2.15. The Hall–Kier alpha value is -0.710. The average Bonchev–Trinajstić information content (AvgIpc) is 2.98. The van der Waals surface area contributed by atoms with Crippen LogP contribution in [0.15, 0.2) is 22.7 Å². The molecule has 0 radical (unpaired) electrons. The Bertz CT molecular complexity index is 417. The van der Waals surface area contributed by atoms with E-state index in [1.165, 1.54) is 6.07 Å². The Labute approximate surface area is 107 Å². The first-order valence-electron chi connectivity index (χ1n) is 5.55. The highest BCUT2D eigenvalue weighted by atomic mass is 79.9. The van der Waals surface area contributed by atoms with E-state index in [1.807, 2.05) is 0 Å². The van der Waals surface area contributed by atoms with Crippen molar-refractivity contribution in [3.63, 3.8) is 0 Å². The fraction of sp³-hybridized carbons (Fsp3) is 0.500. The van der Waals surface area contributed by atoms with Gasteiger partial charge in [0.1, 0.15) is 0 Å². The van der Waals surface area contributed by atoms with Crippen molar-refractivity contribution >= 4 is 21.6 Å². The van der Waals surface area contributed by atoms with Crippen molar-refractivity contribution in [2.24, 2.45) is 5.92 Å². The predicted molar refractivity (Wildman–Crippen MR) is 65.0 cm³/mol. The van der Waals surface area contributed by atoms with E-state index in [4.69, 9.17) is 0 Å². The molecule has 0 aromatic heterocycles. The molecule has 2 rings (SSSR count). The Kier molecular flexibility index (Phi) is 3.39. The highest BCUT2D eigenvalue weighted by molar-refractivity contribution is 9.10. The topological polar surface area (TPSA) is 12.0 Å². The monoisotopic (exact) mass is 307 g/mol. The predicted octanol–water partition coefficient (Wildman–Crippen LogP) is 4.68. The summed E-state index contributed by atoms with van der Waals surface area (Å²) < 4.78 is 38.9. The van der Waals surface area contributed by atoms with Gasteiger partial charge >= 0.3 is 6.18 Å². The van der Waals surface area contributed by atoms with Crippen LogP contribution < -0.4 is 5.32 Å². The summed E-state index contributed by atoms with van der Waals surface area (Å²) in [6.45, 7) is 2.05. The van der Waals surface area contributed by atoms with E-state index in [-0.39, 0.29) is 11.7 Å². The van der Waals surface area contributed by atoms with E-state index in [0.717, 1.165) is 18.9 Å². The number of alkyl halides is 3. The highest BCUT2D eigenvalue weighted by Gasteiger charge is 2.39. The number of benzene rings is 1. The van der Waals surface area contributed by atoms with Crippen LogP contribution in [-0.4, -0.2) is 6.04 Å². The van der Waals surface area contributed by atoms with Crippen molar-refractivity contribution in [3.8, 4) is 0 Å². The summed E-state index contributed by atoms with van der Waals surface area (Å²) in [7, 11) is 0. The van der Waals surface area contributed by atoms with Crippen molar-refractivity contribution in [1.29, 1.82) is 0 Å². The molecular weight excluding hydrogens is 295 g/mol. The molecule has 0 spiro atoms. The van der Waals surface area contributed by atoms with Crippen LogP contribution >= 0.6 is 15.9 Å². The lowest BCUT2D eigenvalue weighted by Crippen LogP contribution is -2.13. The summed E-state index contributed by atoms with van der Waals surface area (Å²) in [6.07, 6.45) is -2.35. The molecule has 1 aliphatic carbocycles. The van der Waals surface area contributed by atoms with Crippen molar-refractivity contribution in [2.45, 2.75) is 32.0 Å². The molecular formula is C12H13BrF3N. The molecule has 1 aromatic carbocycles. The van der Waals surface area contributed by atoms with Crippen LogP contribution in [0.5, 0.6) is 0 Å². The van der Waals surface area contributed by atoms with Gasteiger partial charge in [-0.05, 0) is 30.5 Å². The molecule has 1 saturated carbocycles. The third-order valence-electron chi connectivity index (χ3n) is 3.07. The van der Waals surface area contributed by atoms with Crippen LogP contribution in [0.25, 0.3) is 0 Å². The third kappa shape index (κ3) is 2.94. The number of hydrogen-bond acceptors (Lipinski definition) is 1. The summed E-state index contributed by atoms with van der Waals surface area (Å²) >= 11 is 3.07. The average molecular weight is 308 g/mol. The summed E-state index contributed by atoms with van der Waals surface area (Å²) in [4.78, 5) is 0. The van der Waals surface area contributed by atoms with Crippen LogP contribution in [0.2, 0.25) is 0 Å². The van der Waals surface area contributed by atoms with Crippen LogP contribution in [0.4, 0.5) is 18.9 Å². The van der Waals surface area contributed by atoms with Crippen molar-refractivity contribution < 1.29 is 13.2 Å². The van der Waals surface area contributed by atoms with Gasteiger partial charge in [-0.25, -0.2) is 0 Å². The molecule has 94 valence electrons. The summed E-state index contributed by atoms with van der Waals surface area (Å²) in [5, 5.41) is 2.98. The smallest absolute Gasteiger partial charge is 0.382 e. The molecule has 0 amide bonds. The van der Waals surface area contributed by atoms with Crippen molar-refractivity contribution in [3.05, 3.63) is 28.2 Å². The van der Waals surface area contributed by atoms with E-state index in [1.54, 1.807) is 6.07 Å². The lowest BCUT2D eigenvalue weighted by molar-refractivity contribution is -0.137. The largest absolute Gasteiger partial charge is 0.418 e. The molecule has 2 atom stereocenters. The molecule has 0 aliphatic heterocycles. The molecule has 1 nitrogen and oxygen atoms in total. The zero-order valence-electron chi connectivity index (χ0n) is 9.31. The number of halogens is 4. The number of hydrogen-bond donors (Lipinski definition) is 1. The SMILES string of the molecule is CCC1CC1Nc1ccc(Br)cc1C(F)(F)F. The van der Waals surface area contributed by atoms with Gasteiger partial charge in [-0.1, -0.05) is 29.3 Å². The van der Waals surface area contributed by atoms with Gasteiger partial charge in [0.2, 0.25) is 0 Å². The minimum Gasteiger partial charge on any atom is -0.382 e. The summed E-state index contributed by atoms with van der Waals surface area (Å²) in [6, 6.07) is 4.42. The Morgan fingerprint density at radius 1 is 1.41 bits per heavy atom. The van der Waals surface area contributed by atoms with Gasteiger partial charge in [0, 0.05) is 16.2 Å². The molecule has 5 heteroatoms. The van der Waals surface area contributed by atoms with E-state index < -0.39 is 11.7 Å². The Morgan fingerprint density at radius 3 is 2.65 bits per heavy atom. The highest BCUT2D eigenvalue weighted by Crippen LogP contribution is 2.41. The standard InChI is InChI=1S/C12H13BrF3N/c1-2-7-5-11(7)17-10-4-3-8(13)6-9(10)12(14,15)16/h3-4,6-7,11,17H,2,5H2,1H3. The minimum absolute atomic E-state index is 0.182. The van der Waals surface area contributed by atoms with Crippen LogP contribution in [0.1, 0.15) is 25.3 Å². The maximum Gasteiger partial charge on any atom is 0.418 e. The normalized spacial score (nSPS) is 23.6. The van der Waals surface area contributed by atoms with Gasteiger partial charge in [0.15, 0.2) is 0 Å². The lowest BCUT2D eigenvalue weighted by atomic mass is 10.1. The zero-order valence-corrected chi connectivity index (χ0v) is 10.9. The van der Waals surface area contributed by atoms with Crippen molar-refractivity contribution in [2.75, 3.05) is 5.32 Å². The quantitative estimate of drug-likeness (QED) is 0.855. The molecule has 1 aliphatic rings. The Balaban J connectivity index is 2.21. The molecule has 1 N–H and O–H groups in total. The summed E-state index contributed by atoms with van der Waals surface area (Å²) in [5.74, 6) is 0.514. The third-order valence-corrected chi connectivity index (χ3v) is 3.57. The first-order valence-corrected chi connectivity index (χ1v) is 6.34. The molecule has 17 heavy (non-hydrogen) atoms. The van der Waals surface area contributed by atoms with E-state index in [2.05, 4.69) is 28.2 Å². The number of anilines is 1. The molecule has 0 heterocycles. The second-order valence-corrected chi connectivity index (χ2v) is 5.26. The maximum absolute atomic E-state index is 12.8. The van der Waals surface area contributed by atoms with Crippen LogP contribution in [-0.2, 0) is 6.18 Å². The van der Waals surface area contributed by atoms with Gasteiger partial charge < -0.3 is 5.32 Å². The van der Waals surface area contributed by atoms with Crippen LogP contribution in [0.3, 0.4) is 0 Å². The van der Waals surface area contributed by atoms with Gasteiger partial charge in [-0.3, -0.25) is 0 Å². The first-order chi connectivity index (χ1) is 7.91. The number of rotatable bonds is 3. The summed E-state index contributed by atoms with van der Waals surface area (Å²) in [5.41, 5.74) is -0.421. The molecule has 2 unspecified atom stereocenters. The van der Waals surface area contributed by atoms with Crippen molar-refractivity contribution in [1.82, 2.24) is 0 Å². The minimum atomic E-state index is -4.32. The number of nitrogens with one attached hydrogen (secondary N) is 1. The van der Waals surface area contributed by atoms with E-state index in [9.17, 15) is 13.2 Å². The molecule has 0 bridgehead atoms.